The molecule has 11 rings (SSSR count). The van der Waals surface area contributed by atoms with Crippen molar-refractivity contribution in [3.63, 3.8) is 0 Å². The number of aldehydes is 1. The number of carbonyl (C=O) groups excluding carboxylic acids is 3. The van der Waals surface area contributed by atoms with Gasteiger partial charge in [-0.3, -0.25) is 9.59 Å². The molecule has 19 nitrogen and oxygen atoms in total. The number of piperazine rings is 2. The number of aromatic hydroxyl groups is 1. The van der Waals surface area contributed by atoms with Crippen molar-refractivity contribution < 1.29 is 33.5 Å². The minimum atomic E-state index is -0.897. The first-order valence-corrected chi connectivity index (χ1v) is 27.0. The van der Waals surface area contributed by atoms with Crippen LogP contribution in [0.15, 0.2) is 83.0 Å². The van der Waals surface area contributed by atoms with E-state index in [1.54, 1.807) is 40.6 Å². The van der Waals surface area contributed by atoms with E-state index in [0.717, 1.165) is 91.2 Å². The van der Waals surface area contributed by atoms with Gasteiger partial charge in [0.25, 0.3) is 0 Å². The number of phenolic OH excluding ortho intramolecular Hbond substituents is 1. The molecule has 1 aliphatic carbocycles. The number of fused-ring (bicyclic) bond motifs is 2. The highest BCUT2D eigenvalue weighted by molar-refractivity contribution is 7.13. The quantitative estimate of drug-likeness (QED) is 0.0755. The normalized spacial score (nSPS) is 23.2. The predicted octanol–water partition coefficient (Wildman–Crippen LogP) is 6.54. The Morgan fingerprint density at radius 1 is 0.920 bits per heavy atom. The van der Waals surface area contributed by atoms with Gasteiger partial charge in [-0.15, -0.1) is 21.5 Å². The van der Waals surface area contributed by atoms with Gasteiger partial charge >= 0.3 is 0 Å². The number of pyridine rings is 1. The van der Waals surface area contributed by atoms with Gasteiger partial charge in [-0.25, -0.2) is 9.97 Å². The summed E-state index contributed by atoms with van der Waals surface area (Å²) in [5, 5.41) is 31.8. The van der Waals surface area contributed by atoms with Crippen LogP contribution >= 0.6 is 11.3 Å². The lowest BCUT2D eigenvalue weighted by atomic mass is 9.83. The second kappa shape index (κ2) is 21.1. The van der Waals surface area contributed by atoms with E-state index in [2.05, 4.69) is 50.7 Å². The average Bonchev–Trinajstić information content (AvgIpc) is 4.22. The summed E-state index contributed by atoms with van der Waals surface area (Å²) in [6, 6.07) is 20.2. The van der Waals surface area contributed by atoms with Crippen molar-refractivity contribution >= 4 is 52.4 Å². The van der Waals surface area contributed by atoms with Gasteiger partial charge in [0.05, 0.1) is 40.0 Å². The lowest BCUT2D eigenvalue weighted by molar-refractivity contribution is -0.141. The molecule has 2 aromatic carbocycles. The van der Waals surface area contributed by atoms with Crippen molar-refractivity contribution in [3.05, 3.63) is 95.5 Å². The lowest BCUT2D eigenvalue weighted by Crippen LogP contribution is -2.54. The molecule has 0 spiro atoms. The minimum absolute atomic E-state index is 0.00390. The van der Waals surface area contributed by atoms with E-state index in [1.807, 2.05) is 81.7 Å². The summed E-state index contributed by atoms with van der Waals surface area (Å²) in [7, 11) is 0. The number of thiazole rings is 1. The summed E-state index contributed by atoms with van der Waals surface area (Å²) >= 11 is 1.59. The van der Waals surface area contributed by atoms with E-state index in [-0.39, 0.29) is 78.2 Å². The molecule has 0 radical (unpaired) electrons. The molecule has 2 bridgehead atoms. The van der Waals surface area contributed by atoms with Crippen molar-refractivity contribution in [2.24, 2.45) is 11.8 Å². The number of ether oxygens (including phenoxy) is 2. The molecule has 6 atom stereocenters. The summed E-state index contributed by atoms with van der Waals surface area (Å²) in [5.41, 5.74) is 13.9. The van der Waals surface area contributed by atoms with Crippen LogP contribution in [-0.4, -0.2) is 130 Å². The molecule has 392 valence electrons. The molecule has 75 heavy (non-hydrogen) atoms. The van der Waals surface area contributed by atoms with Crippen molar-refractivity contribution in [2.45, 2.75) is 102 Å². The number of hydrogen-bond donors (Lipinski definition) is 4. The molecule has 20 heteroatoms. The summed E-state index contributed by atoms with van der Waals surface area (Å²) in [5.74, 6) is 0.558. The molecular formula is C55H64N12O7S. The Morgan fingerprint density at radius 3 is 2.41 bits per heavy atom. The number of carbonyl (C=O) groups is 3. The molecule has 4 saturated heterocycles. The molecule has 1 saturated carbocycles. The third-order valence-corrected chi connectivity index (χ3v) is 16.6. The summed E-state index contributed by atoms with van der Waals surface area (Å²) in [6.45, 7) is 12.5. The van der Waals surface area contributed by atoms with E-state index < -0.39 is 18.1 Å². The first kappa shape index (κ1) is 49.9. The van der Waals surface area contributed by atoms with Crippen LogP contribution in [0, 0.1) is 18.8 Å². The fraction of sp³-hybridized carbons (Fsp3) is 0.455. The minimum Gasteiger partial charge on any atom is -0.504 e. The zero-order valence-electron chi connectivity index (χ0n) is 42.7. The predicted molar refractivity (Wildman–Crippen MR) is 285 cm³/mol. The van der Waals surface area contributed by atoms with E-state index in [0.29, 0.717) is 41.8 Å². The van der Waals surface area contributed by atoms with Gasteiger partial charge in [0, 0.05) is 93.3 Å². The van der Waals surface area contributed by atoms with E-state index in [1.165, 1.54) is 0 Å². The number of phenols is 1. The van der Waals surface area contributed by atoms with Crippen LogP contribution in [0.1, 0.15) is 81.9 Å². The molecule has 4 aliphatic heterocycles. The first-order valence-electron chi connectivity index (χ1n) is 26.2. The third-order valence-electron chi connectivity index (χ3n) is 15.6. The Hall–Kier alpha value is -7.32. The number of anilines is 4. The number of rotatable bonds is 16. The van der Waals surface area contributed by atoms with Crippen molar-refractivity contribution in [3.8, 4) is 39.1 Å². The number of benzene rings is 2. The Morgan fingerprint density at radius 2 is 1.69 bits per heavy atom. The molecule has 5 N–H and O–H groups in total. The Labute approximate surface area is 439 Å². The molecule has 6 aromatic rings. The highest BCUT2D eigenvalue weighted by atomic mass is 32.1. The number of para-hydroxylation sites is 1. The molecule has 4 aromatic heterocycles. The van der Waals surface area contributed by atoms with Gasteiger partial charge in [-0.2, -0.15) is 0 Å². The number of nitrogen functional groups attached to an aromatic ring is 1. The van der Waals surface area contributed by atoms with Gasteiger partial charge in [0.2, 0.25) is 17.7 Å². The standard InChI is InChI=1S/C55H64N12O7S/c1-31(2)50(47-25-48(63-74-47)64-18-16-57-17-19-64)55(71)66-28-41(23-45(66)54(70)60-32(3)35-8-10-36(11-9-35)52-33(4)59-30-75-52)72-46-7-5-6-42(51(46)69)43-24-44(53(56)62-61-43)65-26-38-12-13-39(27-65)67(38)37-14-15-58-49(22-37)73-40-20-34(21-40)29-68/h5-11,14-15,22,24-25,29-32,34,38-41,45,50,57,69H,12-13,16-21,23,26-28H2,1-4H3,(H2,56,62)(H,60,70)/t32-,34?,38?,39?,40?,41+,45-,50+/m0/s1. The molecule has 5 fully saturated rings. The number of hydrogen-bond acceptors (Lipinski definition) is 18. The van der Waals surface area contributed by atoms with Crippen molar-refractivity contribution in [2.75, 3.05) is 66.2 Å². The Balaban J connectivity index is 0.813. The summed E-state index contributed by atoms with van der Waals surface area (Å²) in [6.07, 6.45) is 5.72. The number of nitrogens with zero attached hydrogens (tertiary/aromatic N) is 9. The van der Waals surface area contributed by atoms with Gasteiger partial charge in [-0.1, -0.05) is 49.3 Å². The van der Waals surface area contributed by atoms with E-state index in [9.17, 15) is 14.7 Å². The summed E-state index contributed by atoms with van der Waals surface area (Å²) < 4.78 is 18.7. The molecule has 8 heterocycles. The lowest BCUT2D eigenvalue weighted by Gasteiger charge is -2.43. The van der Waals surface area contributed by atoms with Crippen LogP contribution in [0.25, 0.3) is 21.7 Å². The Kier molecular flexibility index (Phi) is 14.0. The maximum atomic E-state index is 15.0. The number of likely N-dealkylation sites (tertiary alicyclic amines) is 1. The molecule has 2 amide bonds. The maximum absolute atomic E-state index is 15.0. The highest BCUT2D eigenvalue weighted by Gasteiger charge is 2.46. The molecule has 2 unspecified atom stereocenters. The molecule has 5 aliphatic rings. The van der Waals surface area contributed by atoms with Crippen LogP contribution in [0.3, 0.4) is 0 Å². The molecular weight excluding hydrogens is 973 g/mol. The maximum Gasteiger partial charge on any atom is 0.243 e. The second-order valence-electron chi connectivity index (χ2n) is 21.0. The number of aryl methyl sites for hydroxylation is 1. The van der Waals surface area contributed by atoms with Gasteiger partial charge in [0.1, 0.15) is 30.5 Å². The third kappa shape index (κ3) is 10.2. The first-order chi connectivity index (χ1) is 36.4. The summed E-state index contributed by atoms with van der Waals surface area (Å²) in [4.78, 5) is 59.1. The van der Waals surface area contributed by atoms with Gasteiger partial charge < -0.3 is 59.9 Å². The number of aromatic nitrogens is 5. The fourth-order valence-corrected chi connectivity index (χ4v) is 12.4. The van der Waals surface area contributed by atoms with Crippen LogP contribution in [0.4, 0.5) is 23.0 Å². The number of nitrogens with one attached hydrogen (secondary N) is 2. The largest absolute Gasteiger partial charge is 0.504 e. The van der Waals surface area contributed by atoms with E-state index in [4.69, 9.17) is 19.7 Å². The van der Waals surface area contributed by atoms with E-state index >= 15 is 4.79 Å². The smallest absolute Gasteiger partial charge is 0.243 e. The van der Waals surface area contributed by atoms with Crippen LogP contribution in [0.5, 0.6) is 17.4 Å². The van der Waals surface area contributed by atoms with Crippen LogP contribution < -0.4 is 40.5 Å². The number of amides is 2. The zero-order valence-corrected chi connectivity index (χ0v) is 43.5. The van der Waals surface area contributed by atoms with Crippen molar-refractivity contribution in [1.29, 1.82) is 0 Å². The van der Waals surface area contributed by atoms with Crippen LogP contribution in [0.2, 0.25) is 0 Å². The zero-order chi connectivity index (χ0) is 51.9. The second-order valence-corrected chi connectivity index (χ2v) is 21.8. The van der Waals surface area contributed by atoms with Gasteiger partial charge in [0.15, 0.2) is 28.9 Å². The SMILES string of the molecule is Cc1ncsc1-c1ccc([C@H](C)NC(=O)[C@@H]2C[C@@H](Oc3cccc(-c4cc(N5CC6CCC(C5)N6c5ccnc(OC6CC(C=O)C6)c5)c(N)nn4)c3O)CN2C(=O)[C@@H](c2cc(N3CCNCC3)no2)C(C)C)cc1. The average molecular weight is 1040 g/mol. The topological polar surface area (TPSA) is 231 Å². The number of nitrogens with two attached hydrogens (primary N) is 1. The fourth-order valence-electron chi connectivity index (χ4n) is 11.6. The Bertz CT molecular complexity index is 3020. The van der Waals surface area contributed by atoms with Crippen molar-refractivity contribution in [1.82, 2.24) is 40.9 Å². The van der Waals surface area contributed by atoms with Gasteiger partial charge in [-0.05, 0) is 80.8 Å². The monoisotopic (exact) mass is 1040 g/mol. The van der Waals surface area contributed by atoms with Crippen LogP contribution in [-0.2, 0) is 14.4 Å². The highest BCUT2D eigenvalue weighted by Crippen LogP contribution is 2.43.